The summed E-state index contributed by atoms with van der Waals surface area (Å²) in [6.45, 7) is 0. The number of nitrogens with one attached hydrogen (secondary N) is 2. The molecule has 1 aliphatic rings. The number of nitrogens with zero attached hydrogens (tertiary/aromatic N) is 1. The standard InChI is InChI=1S/C18H27N3O2/c1-21(2)17(22)12-11-14-7-6-10-16(13-14)20-18(23)19-15-8-4-3-5-9-15/h6-7,10,13,15H,3-5,8-9,11-12H2,1-2H3,(H2,19,20,23). The van der Waals surface area contributed by atoms with Crippen molar-refractivity contribution in [3.05, 3.63) is 29.8 Å². The molecule has 0 unspecified atom stereocenters. The van der Waals surface area contributed by atoms with E-state index in [1.807, 2.05) is 24.3 Å². The van der Waals surface area contributed by atoms with Gasteiger partial charge < -0.3 is 15.5 Å². The molecule has 126 valence electrons. The highest BCUT2D eigenvalue weighted by Crippen LogP contribution is 2.18. The Balaban J connectivity index is 1.84. The molecule has 0 aliphatic heterocycles. The molecule has 3 amide bonds. The Morgan fingerprint density at radius 2 is 1.91 bits per heavy atom. The Hall–Kier alpha value is -2.04. The molecule has 0 atom stereocenters. The number of hydrogen-bond donors (Lipinski definition) is 2. The summed E-state index contributed by atoms with van der Waals surface area (Å²) in [5.41, 5.74) is 1.82. The summed E-state index contributed by atoms with van der Waals surface area (Å²) in [7, 11) is 3.52. The third-order valence-electron chi connectivity index (χ3n) is 4.25. The second-order valence-corrected chi connectivity index (χ2v) is 6.42. The quantitative estimate of drug-likeness (QED) is 0.876. The van der Waals surface area contributed by atoms with E-state index in [-0.39, 0.29) is 11.9 Å². The van der Waals surface area contributed by atoms with Crippen LogP contribution in [0.3, 0.4) is 0 Å². The summed E-state index contributed by atoms with van der Waals surface area (Å²) in [6.07, 6.45) is 6.95. The smallest absolute Gasteiger partial charge is 0.319 e. The predicted octanol–water partition coefficient (Wildman–Crippen LogP) is 3.16. The first-order valence-corrected chi connectivity index (χ1v) is 8.41. The van der Waals surface area contributed by atoms with Crippen LogP contribution >= 0.6 is 0 Å². The first kappa shape index (κ1) is 17.3. The number of hydrogen-bond acceptors (Lipinski definition) is 2. The van der Waals surface area contributed by atoms with Gasteiger partial charge in [0.15, 0.2) is 0 Å². The van der Waals surface area contributed by atoms with Crippen LogP contribution in [0.15, 0.2) is 24.3 Å². The number of benzene rings is 1. The Morgan fingerprint density at radius 3 is 2.61 bits per heavy atom. The molecule has 1 fully saturated rings. The fourth-order valence-electron chi connectivity index (χ4n) is 2.88. The van der Waals surface area contributed by atoms with Crippen LogP contribution in [-0.4, -0.2) is 37.0 Å². The van der Waals surface area contributed by atoms with Crippen molar-refractivity contribution in [2.75, 3.05) is 19.4 Å². The van der Waals surface area contributed by atoms with Gasteiger partial charge in [0.1, 0.15) is 0 Å². The molecule has 5 heteroatoms. The van der Waals surface area contributed by atoms with Gasteiger partial charge in [-0.1, -0.05) is 31.4 Å². The molecule has 1 aromatic rings. The van der Waals surface area contributed by atoms with E-state index in [9.17, 15) is 9.59 Å². The van der Waals surface area contributed by atoms with Crippen LogP contribution in [0.5, 0.6) is 0 Å². The average Bonchev–Trinajstić information content (AvgIpc) is 2.53. The average molecular weight is 317 g/mol. The maximum absolute atomic E-state index is 12.1. The van der Waals surface area contributed by atoms with Crippen LogP contribution in [0.1, 0.15) is 44.1 Å². The van der Waals surface area contributed by atoms with Gasteiger partial charge in [0, 0.05) is 32.2 Å². The van der Waals surface area contributed by atoms with E-state index in [4.69, 9.17) is 0 Å². The number of anilines is 1. The Morgan fingerprint density at radius 1 is 1.17 bits per heavy atom. The summed E-state index contributed by atoms with van der Waals surface area (Å²) >= 11 is 0. The Labute approximate surface area is 138 Å². The molecule has 0 bridgehead atoms. The third-order valence-corrected chi connectivity index (χ3v) is 4.25. The number of amides is 3. The van der Waals surface area contributed by atoms with Gasteiger partial charge in [-0.2, -0.15) is 0 Å². The van der Waals surface area contributed by atoms with Crippen LogP contribution in [-0.2, 0) is 11.2 Å². The van der Waals surface area contributed by atoms with Crippen molar-refractivity contribution in [2.24, 2.45) is 0 Å². The minimum absolute atomic E-state index is 0.110. The molecule has 0 spiro atoms. The third kappa shape index (κ3) is 5.93. The summed E-state index contributed by atoms with van der Waals surface area (Å²) < 4.78 is 0. The number of carbonyl (C=O) groups excluding carboxylic acids is 2. The van der Waals surface area contributed by atoms with Gasteiger partial charge in [0.25, 0.3) is 0 Å². The van der Waals surface area contributed by atoms with E-state index in [1.54, 1.807) is 19.0 Å². The zero-order valence-electron chi connectivity index (χ0n) is 14.1. The first-order valence-electron chi connectivity index (χ1n) is 8.41. The molecule has 0 radical (unpaired) electrons. The molecule has 0 saturated heterocycles. The van der Waals surface area contributed by atoms with Crippen molar-refractivity contribution in [2.45, 2.75) is 51.0 Å². The summed E-state index contributed by atoms with van der Waals surface area (Å²) in [5, 5.41) is 5.94. The highest BCUT2D eigenvalue weighted by molar-refractivity contribution is 5.89. The van der Waals surface area contributed by atoms with Crippen LogP contribution in [0.4, 0.5) is 10.5 Å². The van der Waals surface area contributed by atoms with Crippen molar-refractivity contribution in [3.63, 3.8) is 0 Å². The second-order valence-electron chi connectivity index (χ2n) is 6.42. The van der Waals surface area contributed by atoms with E-state index < -0.39 is 0 Å². The van der Waals surface area contributed by atoms with Crippen LogP contribution in [0.2, 0.25) is 0 Å². The predicted molar refractivity (Wildman–Crippen MR) is 92.5 cm³/mol. The van der Waals surface area contributed by atoms with Crippen LogP contribution in [0.25, 0.3) is 0 Å². The van der Waals surface area contributed by atoms with Gasteiger partial charge in [0.05, 0.1) is 0 Å². The van der Waals surface area contributed by atoms with E-state index in [0.29, 0.717) is 18.9 Å². The summed E-state index contributed by atoms with van der Waals surface area (Å²) in [6, 6.07) is 7.85. The number of carbonyl (C=O) groups is 2. The lowest BCUT2D eigenvalue weighted by molar-refractivity contribution is -0.128. The molecular weight excluding hydrogens is 290 g/mol. The maximum atomic E-state index is 12.1. The van der Waals surface area contributed by atoms with E-state index >= 15 is 0 Å². The molecule has 1 aromatic carbocycles. The largest absolute Gasteiger partial charge is 0.349 e. The molecule has 1 aliphatic carbocycles. The van der Waals surface area contributed by atoms with Crippen molar-refractivity contribution in [1.29, 1.82) is 0 Å². The van der Waals surface area contributed by atoms with Crippen molar-refractivity contribution in [1.82, 2.24) is 10.2 Å². The highest BCUT2D eigenvalue weighted by Gasteiger charge is 2.15. The maximum Gasteiger partial charge on any atom is 0.319 e. The number of aryl methyl sites for hydroxylation is 1. The van der Waals surface area contributed by atoms with Gasteiger partial charge in [-0.3, -0.25) is 4.79 Å². The fourth-order valence-corrected chi connectivity index (χ4v) is 2.88. The molecule has 0 aromatic heterocycles. The summed E-state index contributed by atoms with van der Waals surface area (Å²) in [5.74, 6) is 0.110. The van der Waals surface area contributed by atoms with Gasteiger partial charge >= 0.3 is 6.03 Å². The molecule has 23 heavy (non-hydrogen) atoms. The van der Waals surface area contributed by atoms with Gasteiger partial charge in [-0.25, -0.2) is 4.79 Å². The Bertz CT molecular complexity index is 537. The molecule has 5 nitrogen and oxygen atoms in total. The lowest BCUT2D eigenvalue weighted by Crippen LogP contribution is -2.39. The van der Waals surface area contributed by atoms with E-state index in [0.717, 1.165) is 24.1 Å². The number of rotatable bonds is 5. The number of urea groups is 1. The van der Waals surface area contributed by atoms with Crippen molar-refractivity contribution in [3.8, 4) is 0 Å². The molecule has 2 N–H and O–H groups in total. The zero-order chi connectivity index (χ0) is 16.7. The topological polar surface area (TPSA) is 61.4 Å². The van der Waals surface area contributed by atoms with Crippen LogP contribution < -0.4 is 10.6 Å². The second kappa shape index (κ2) is 8.56. The van der Waals surface area contributed by atoms with Gasteiger partial charge in [0.2, 0.25) is 5.91 Å². The van der Waals surface area contributed by atoms with Gasteiger partial charge in [-0.05, 0) is 37.0 Å². The van der Waals surface area contributed by atoms with Crippen molar-refractivity contribution >= 4 is 17.6 Å². The first-order chi connectivity index (χ1) is 11.0. The van der Waals surface area contributed by atoms with Crippen LogP contribution in [0, 0.1) is 0 Å². The minimum atomic E-state index is -0.140. The Kier molecular flexibility index (Phi) is 6.44. The fraction of sp³-hybridized carbons (Fsp3) is 0.556. The van der Waals surface area contributed by atoms with E-state index in [1.165, 1.54) is 19.3 Å². The minimum Gasteiger partial charge on any atom is -0.349 e. The molecule has 1 saturated carbocycles. The summed E-state index contributed by atoms with van der Waals surface area (Å²) in [4.78, 5) is 25.3. The SMILES string of the molecule is CN(C)C(=O)CCc1cccc(NC(=O)NC2CCCCC2)c1. The lowest BCUT2D eigenvalue weighted by Gasteiger charge is -2.22. The molecular formula is C18H27N3O2. The zero-order valence-corrected chi connectivity index (χ0v) is 14.1. The monoisotopic (exact) mass is 317 g/mol. The van der Waals surface area contributed by atoms with Gasteiger partial charge in [-0.15, -0.1) is 0 Å². The van der Waals surface area contributed by atoms with E-state index in [2.05, 4.69) is 10.6 Å². The highest BCUT2D eigenvalue weighted by atomic mass is 16.2. The lowest BCUT2D eigenvalue weighted by atomic mass is 9.96. The normalized spacial score (nSPS) is 15.0. The molecule has 2 rings (SSSR count). The molecule has 0 heterocycles. The van der Waals surface area contributed by atoms with Crippen molar-refractivity contribution < 1.29 is 9.59 Å².